The SMILES string of the molecule is Cc1nn(C(C)(C)C)c(=O)n1C(F)F. The van der Waals surface area contributed by atoms with Gasteiger partial charge in [-0.2, -0.15) is 13.9 Å². The standard InChI is InChI=1S/C8H13F2N3O/c1-5-11-13(8(2,3)4)7(14)12(5)6(9)10/h6H,1-4H3. The number of hydrogen-bond acceptors (Lipinski definition) is 2. The van der Waals surface area contributed by atoms with Crippen molar-refractivity contribution in [2.45, 2.75) is 39.8 Å². The molecule has 80 valence electrons. The zero-order valence-electron chi connectivity index (χ0n) is 8.58. The molecule has 1 aromatic rings. The van der Waals surface area contributed by atoms with Crippen molar-refractivity contribution in [3.05, 3.63) is 16.3 Å². The third kappa shape index (κ3) is 1.69. The van der Waals surface area contributed by atoms with E-state index >= 15 is 0 Å². The summed E-state index contributed by atoms with van der Waals surface area (Å²) in [6.45, 7) is 3.75. The van der Waals surface area contributed by atoms with Crippen LogP contribution in [0.25, 0.3) is 0 Å². The summed E-state index contributed by atoms with van der Waals surface area (Å²) in [4.78, 5) is 11.5. The Labute approximate surface area is 80.2 Å². The van der Waals surface area contributed by atoms with Crippen molar-refractivity contribution in [3.63, 3.8) is 0 Å². The molecule has 0 aliphatic rings. The van der Waals surface area contributed by atoms with Crippen LogP contribution in [0.3, 0.4) is 0 Å². The summed E-state index contributed by atoms with van der Waals surface area (Å²) in [5, 5.41) is 3.79. The lowest BCUT2D eigenvalue weighted by Crippen LogP contribution is -2.36. The van der Waals surface area contributed by atoms with Gasteiger partial charge >= 0.3 is 12.2 Å². The highest BCUT2D eigenvalue weighted by atomic mass is 19.3. The minimum Gasteiger partial charge on any atom is -0.246 e. The van der Waals surface area contributed by atoms with Gasteiger partial charge in [-0.25, -0.2) is 14.0 Å². The van der Waals surface area contributed by atoms with E-state index in [-0.39, 0.29) is 5.82 Å². The van der Waals surface area contributed by atoms with E-state index in [2.05, 4.69) is 5.10 Å². The van der Waals surface area contributed by atoms with Crippen molar-refractivity contribution >= 4 is 0 Å². The molecule has 0 spiro atoms. The molecule has 0 radical (unpaired) electrons. The predicted molar refractivity (Wildman–Crippen MR) is 47.5 cm³/mol. The van der Waals surface area contributed by atoms with Crippen LogP contribution in [-0.4, -0.2) is 14.3 Å². The zero-order valence-corrected chi connectivity index (χ0v) is 8.58. The molecule has 1 heterocycles. The lowest BCUT2D eigenvalue weighted by molar-refractivity contribution is 0.0630. The Morgan fingerprint density at radius 3 is 2.07 bits per heavy atom. The van der Waals surface area contributed by atoms with Crippen LogP contribution < -0.4 is 5.69 Å². The van der Waals surface area contributed by atoms with E-state index in [9.17, 15) is 13.6 Å². The third-order valence-corrected chi connectivity index (χ3v) is 1.81. The van der Waals surface area contributed by atoms with Crippen LogP contribution in [0, 0.1) is 6.92 Å². The van der Waals surface area contributed by atoms with E-state index in [0.29, 0.717) is 4.57 Å². The molecular formula is C8H13F2N3O. The number of aryl methyl sites for hydroxylation is 1. The lowest BCUT2D eigenvalue weighted by atomic mass is 10.1. The zero-order chi connectivity index (χ0) is 11.1. The van der Waals surface area contributed by atoms with Gasteiger partial charge in [0.1, 0.15) is 5.82 Å². The van der Waals surface area contributed by atoms with Gasteiger partial charge in [-0.3, -0.25) is 0 Å². The maximum atomic E-state index is 12.4. The highest BCUT2D eigenvalue weighted by molar-refractivity contribution is 4.87. The number of hydrogen-bond donors (Lipinski definition) is 0. The van der Waals surface area contributed by atoms with Crippen molar-refractivity contribution in [2.75, 3.05) is 0 Å². The van der Waals surface area contributed by atoms with Crippen molar-refractivity contribution < 1.29 is 8.78 Å². The Morgan fingerprint density at radius 1 is 1.36 bits per heavy atom. The maximum absolute atomic E-state index is 12.4. The first-order chi connectivity index (χ1) is 6.25. The van der Waals surface area contributed by atoms with Crippen LogP contribution in [0.4, 0.5) is 8.78 Å². The van der Waals surface area contributed by atoms with Gasteiger partial charge in [0.25, 0.3) is 0 Å². The quantitative estimate of drug-likeness (QED) is 0.697. The van der Waals surface area contributed by atoms with Crippen molar-refractivity contribution in [3.8, 4) is 0 Å². The van der Waals surface area contributed by atoms with Crippen LogP contribution >= 0.6 is 0 Å². The normalized spacial score (nSPS) is 12.5. The van der Waals surface area contributed by atoms with E-state index in [0.717, 1.165) is 4.68 Å². The summed E-state index contributed by atoms with van der Waals surface area (Å²) in [6, 6.07) is 0. The van der Waals surface area contributed by atoms with Gasteiger partial charge in [0.15, 0.2) is 0 Å². The van der Waals surface area contributed by atoms with Gasteiger partial charge in [-0.05, 0) is 27.7 Å². The van der Waals surface area contributed by atoms with E-state index in [4.69, 9.17) is 0 Å². The molecule has 0 atom stereocenters. The fourth-order valence-electron chi connectivity index (χ4n) is 1.14. The average molecular weight is 205 g/mol. The maximum Gasteiger partial charge on any atom is 0.350 e. The van der Waals surface area contributed by atoms with Gasteiger partial charge < -0.3 is 0 Å². The monoisotopic (exact) mass is 205 g/mol. The Hall–Kier alpha value is -1.20. The molecule has 6 heteroatoms. The lowest BCUT2D eigenvalue weighted by Gasteiger charge is -2.16. The topological polar surface area (TPSA) is 39.8 Å². The van der Waals surface area contributed by atoms with E-state index in [1.807, 2.05) is 0 Å². The molecule has 0 unspecified atom stereocenters. The summed E-state index contributed by atoms with van der Waals surface area (Å²) < 4.78 is 26.2. The molecule has 14 heavy (non-hydrogen) atoms. The highest BCUT2D eigenvalue weighted by Gasteiger charge is 2.23. The first kappa shape index (κ1) is 10.9. The van der Waals surface area contributed by atoms with Gasteiger partial charge in [-0.15, -0.1) is 0 Å². The first-order valence-corrected chi connectivity index (χ1v) is 4.22. The number of aromatic nitrogens is 3. The second-order valence-corrected chi connectivity index (χ2v) is 4.06. The Balaban J connectivity index is 3.40. The van der Waals surface area contributed by atoms with Crippen LogP contribution in [0.1, 0.15) is 33.1 Å². The van der Waals surface area contributed by atoms with E-state index in [1.165, 1.54) is 6.92 Å². The number of halogens is 2. The van der Waals surface area contributed by atoms with Gasteiger partial charge in [0, 0.05) is 0 Å². The smallest absolute Gasteiger partial charge is 0.246 e. The Bertz CT molecular complexity index is 386. The van der Waals surface area contributed by atoms with E-state index < -0.39 is 17.8 Å². The second kappa shape index (κ2) is 3.18. The Kier molecular flexibility index (Phi) is 2.47. The number of rotatable bonds is 1. The van der Waals surface area contributed by atoms with Crippen molar-refractivity contribution in [1.29, 1.82) is 0 Å². The molecule has 4 nitrogen and oxygen atoms in total. The molecule has 0 fully saturated rings. The first-order valence-electron chi connectivity index (χ1n) is 4.22. The molecule has 0 N–H and O–H groups in total. The highest BCUT2D eigenvalue weighted by Crippen LogP contribution is 2.13. The minimum atomic E-state index is -2.83. The number of alkyl halides is 2. The summed E-state index contributed by atoms with van der Waals surface area (Å²) in [6.07, 6.45) is 0. The molecule has 0 aromatic carbocycles. The molecule has 0 saturated heterocycles. The van der Waals surface area contributed by atoms with Crippen LogP contribution in [0.5, 0.6) is 0 Å². The molecule has 0 bridgehead atoms. The third-order valence-electron chi connectivity index (χ3n) is 1.81. The Morgan fingerprint density at radius 2 is 1.86 bits per heavy atom. The summed E-state index contributed by atoms with van der Waals surface area (Å²) in [5.41, 5.74) is -1.35. The molecule has 0 aliphatic carbocycles. The second-order valence-electron chi connectivity index (χ2n) is 4.06. The molecule has 0 aliphatic heterocycles. The van der Waals surface area contributed by atoms with Gasteiger partial charge in [0.05, 0.1) is 5.54 Å². The minimum absolute atomic E-state index is 0.0277. The van der Waals surface area contributed by atoms with Crippen LogP contribution in [-0.2, 0) is 5.54 Å². The average Bonchev–Trinajstić information content (AvgIpc) is 2.24. The molecule has 0 saturated carbocycles. The summed E-state index contributed by atoms with van der Waals surface area (Å²) in [5.74, 6) is 0.0277. The van der Waals surface area contributed by atoms with Crippen LogP contribution in [0.2, 0.25) is 0 Å². The molecule has 1 aromatic heterocycles. The predicted octanol–water partition coefficient (Wildman–Crippen LogP) is 1.50. The largest absolute Gasteiger partial charge is 0.350 e. The summed E-state index contributed by atoms with van der Waals surface area (Å²) >= 11 is 0. The van der Waals surface area contributed by atoms with E-state index in [1.54, 1.807) is 20.8 Å². The van der Waals surface area contributed by atoms with Gasteiger partial charge in [-0.1, -0.05) is 0 Å². The fraction of sp³-hybridized carbons (Fsp3) is 0.750. The van der Waals surface area contributed by atoms with Crippen molar-refractivity contribution in [2.24, 2.45) is 0 Å². The molecule has 1 rings (SSSR count). The van der Waals surface area contributed by atoms with Crippen LogP contribution in [0.15, 0.2) is 4.79 Å². The van der Waals surface area contributed by atoms with Gasteiger partial charge in [0.2, 0.25) is 0 Å². The number of nitrogens with zero attached hydrogens (tertiary/aromatic N) is 3. The van der Waals surface area contributed by atoms with Crippen molar-refractivity contribution in [1.82, 2.24) is 14.3 Å². The summed E-state index contributed by atoms with van der Waals surface area (Å²) in [7, 11) is 0. The molecular weight excluding hydrogens is 192 g/mol. The fourth-order valence-corrected chi connectivity index (χ4v) is 1.14. The molecule has 0 amide bonds.